The molecule has 10 nitrogen and oxygen atoms in total. The highest BCUT2D eigenvalue weighted by Crippen LogP contribution is 2.37. The molecule has 0 saturated carbocycles. The third kappa shape index (κ3) is 4.86. The second kappa shape index (κ2) is 11.2. The van der Waals surface area contributed by atoms with Crippen LogP contribution in [0.2, 0.25) is 0 Å². The molecule has 1 N–H and O–H groups in total. The summed E-state index contributed by atoms with van der Waals surface area (Å²) in [7, 11) is 1.82. The maximum atomic E-state index is 13.8. The first-order valence-corrected chi connectivity index (χ1v) is 14.9. The van der Waals surface area contributed by atoms with Crippen LogP contribution in [0.1, 0.15) is 57.8 Å². The Morgan fingerprint density at radius 2 is 1.84 bits per heavy atom. The molecule has 224 valence electrons. The zero-order valence-corrected chi connectivity index (χ0v) is 24.7. The highest BCUT2D eigenvalue weighted by molar-refractivity contribution is 6.23. The summed E-state index contributed by atoms with van der Waals surface area (Å²) in [6.07, 6.45) is 1.55. The van der Waals surface area contributed by atoms with Gasteiger partial charge in [0.15, 0.2) is 11.5 Å². The van der Waals surface area contributed by atoms with E-state index in [1.54, 1.807) is 23.1 Å². The fraction of sp³-hybridized carbons (Fsp3) is 0.294. The van der Waals surface area contributed by atoms with Crippen LogP contribution >= 0.6 is 0 Å². The molecule has 1 aromatic heterocycles. The van der Waals surface area contributed by atoms with E-state index in [0.29, 0.717) is 41.4 Å². The van der Waals surface area contributed by atoms with E-state index in [4.69, 9.17) is 9.47 Å². The lowest BCUT2D eigenvalue weighted by molar-refractivity contribution is -0.136. The largest absolute Gasteiger partial charge is 0.454 e. The average Bonchev–Trinajstić information content (AvgIpc) is 3.80. The minimum atomic E-state index is -0.328. The summed E-state index contributed by atoms with van der Waals surface area (Å²) in [6, 6.07) is 22.5. The van der Waals surface area contributed by atoms with Crippen molar-refractivity contribution in [2.24, 2.45) is 5.92 Å². The SMILES string of the molecule is C[C@@H](c1cc(-c2ccccc2)n[nH]1)N(C)C(=O)[C@H]1CCCN(c2cccc3c2C(=O)N(Cc2ccc4c(c2)OCO4)C3=O)C1. The standard InChI is InChI=1S/C34H33N5O5/c1-21(26-17-27(36-35-26)23-8-4-3-5-9-23)37(2)32(40)24-10-7-15-38(19-24)28-12-6-11-25-31(28)34(42)39(33(25)41)18-22-13-14-29-30(16-22)44-20-43-29/h3-6,8-9,11-14,16-17,21,24H,7,10,15,18-20H2,1-2H3,(H,35,36)/t21-,24-/m0/s1. The van der Waals surface area contributed by atoms with Gasteiger partial charge in [-0.05, 0) is 55.7 Å². The van der Waals surface area contributed by atoms with Crippen LogP contribution in [0.5, 0.6) is 11.5 Å². The number of fused-ring (bicyclic) bond motifs is 2. The summed E-state index contributed by atoms with van der Waals surface area (Å²) < 4.78 is 10.9. The molecule has 0 spiro atoms. The van der Waals surface area contributed by atoms with Gasteiger partial charge in [0.25, 0.3) is 11.8 Å². The number of hydrogen-bond donors (Lipinski definition) is 1. The third-order valence-electron chi connectivity index (χ3n) is 8.91. The lowest BCUT2D eigenvalue weighted by Gasteiger charge is -2.37. The fourth-order valence-electron chi connectivity index (χ4n) is 6.34. The number of anilines is 1. The fourth-order valence-corrected chi connectivity index (χ4v) is 6.34. The first-order valence-electron chi connectivity index (χ1n) is 14.9. The Hall–Kier alpha value is -5.12. The van der Waals surface area contributed by atoms with Crippen molar-refractivity contribution in [1.82, 2.24) is 20.0 Å². The molecule has 4 heterocycles. The van der Waals surface area contributed by atoms with E-state index in [1.165, 1.54) is 4.90 Å². The lowest BCUT2D eigenvalue weighted by Crippen LogP contribution is -2.44. The average molecular weight is 592 g/mol. The predicted molar refractivity (Wildman–Crippen MR) is 163 cm³/mol. The third-order valence-corrected chi connectivity index (χ3v) is 8.91. The number of nitrogens with zero attached hydrogens (tertiary/aromatic N) is 4. The van der Waals surface area contributed by atoms with Gasteiger partial charge in [0, 0.05) is 25.7 Å². The molecule has 1 saturated heterocycles. The zero-order chi connectivity index (χ0) is 30.4. The van der Waals surface area contributed by atoms with Gasteiger partial charge in [-0.2, -0.15) is 5.10 Å². The van der Waals surface area contributed by atoms with Crippen LogP contribution in [0.3, 0.4) is 0 Å². The Balaban J connectivity index is 1.06. The number of benzene rings is 3. The summed E-state index contributed by atoms with van der Waals surface area (Å²) >= 11 is 0. The Morgan fingerprint density at radius 1 is 1.02 bits per heavy atom. The Bertz CT molecular complexity index is 1750. The van der Waals surface area contributed by atoms with E-state index in [9.17, 15) is 14.4 Å². The molecule has 0 unspecified atom stereocenters. The molecule has 0 radical (unpaired) electrons. The van der Waals surface area contributed by atoms with E-state index < -0.39 is 0 Å². The van der Waals surface area contributed by atoms with Crippen molar-refractivity contribution in [2.45, 2.75) is 32.4 Å². The van der Waals surface area contributed by atoms with Gasteiger partial charge in [-0.1, -0.05) is 42.5 Å². The number of carbonyl (C=O) groups is 3. The van der Waals surface area contributed by atoms with Crippen LogP contribution < -0.4 is 14.4 Å². The van der Waals surface area contributed by atoms with Gasteiger partial charge in [0.05, 0.1) is 46.7 Å². The number of ether oxygens (including phenoxy) is 2. The quantitative estimate of drug-likeness (QED) is 0.300. The number of imide groups is 1. The Morgan fingerprint density at radius 3 is 2.68 bits per heavy atom. The molecule has 10 heteroatoms. The van der Waals surface area contributed by atoms with Crippen molar-refractivity contribution >= 4 is 23.4 Å². The number of hydrogen-bond acceptors (Lipinski definition) is 7. The van der Waals surface area contributed by atoms with Gasteiger partial charge in [-0.25, -0.2) is 0 Å². The Labute approximate surface area is 255 Å². The number of piperidine rings is 1. The summed E-state index contributed by atoms with van der Waals surface area (Å²) in [4.78, 5) is 46.0. The summed E-state index contributed by atoms with van der Waals surface area (Å²) in [5.41, 5.74) is 4.97. The smallest absolute Gasteiger partial charge is 0.263 e. The van der Waals surface area contributed by atoms with Crippen LogP contribution in [-0.4, -0.2) is 64.6 Å². The number of carbonyl (C=O) groups excluding carboxylic acids is 3. The number of amides is 3. The van der Waals surface area contributed by atoms with Crippen molar-refractivity contribution in [2.75, 3.05) is 31.8 Å². The van der Waals surface area contributed by atoms with E-state index in [1.807, 2.05) is 68.6 Å². The van der Waals surface area contributed by atoms with Crippen molar-refractivity contribution in [3.63, 3.8) is 0 Å². The summed E-state index contributed by atoms with van der Waals surface area (Å²) in [5.74, 6) is 0.391. The Kier molecular flexibility index (Phi) is 7.04. The first-order chi connectivity index (χ1) is 21.4. The highest BCUT2D eigenvalue weighted by Gasteiger charge is 2.40. The molecule has 44 heavy (non-hydrogen) atoms. The van der Waals surface area contributed by atoms with Crippen molar-refractivity contribution < 1.29 is 23.9 Å². The molecule has 7 rings (SSSR count). The molecule has 4 aromatic rings. The van der Waals surface area contributed by atoms with Crippen molar-refractivity contribution in [3.8, 4) is 22.8 Å². The van der Waals surface area contributed by atoms with Crippen LogP contribution in [-0.2, 0) is 11.3 Å². The van der Waals surface area contributed by atoms with Gasteiger partial charge >= 0.3 is 0 Å². The van der Waals surface area contributed by atoms with Crippen LogP contribution in [0.15, 0.2) is 72.8 Å². The first kappa shape index (κ1) is 27.7. The summed E-state index contributed by atoms with van der Waals surface area (Å²) in [5, 5.41) is 7.57. The minimum absolute atomic E-state index is 0.0393. The van der Waals surface area contributed by atoms with Gasteiger partial charge in [-0.3, -0.25) is 24.4 Å². The highest BCUT2D eigenvalue weighted by atomic mass is 16.7. The normalized spacial score (nSPS) is 18.0. The van der Waals surface area contributed by atoms with E-state index in [2.05, 4.69) is 15.1 Å². The van der Waals surface area contributed by atoms with E-state index in [0.717, 1.165) is 35.4 Å². The molecule has 2 atom stereocenters. The number of H-pyrrole nitrogens is 1. The van der Waals surface area contributed by atoms with Gasteiger partial charge < -0.3 is 19.3 Å². The van der Waals surface area contributed by atoms with Crippen LogP contribution in [0, 0.1) is 5.92 Å². The van der Waals surface area contributed by atoms with Gasteiger partial charge in [0.1, 0.15) is 0 Å². The topological polar surface area (TPSA) is 108 Å². The number of aromatic nitrogens is 2. The van der Waals surface area contributed by atoms with Crippen molar-refractivity contribution in [3.05, 3.63) is 95.2 Å². The zero-order valence-electron chi connectivity index (χ0n) is 24.7. The molecule has 3 amide bonds. The number of rotatable bonds is 7. The molecule has 1 fully saturated rings. The molecular weight excluding hydrogens is 558 g/mol. The number of aromatic amines is 1. The monoisotopic (exact) mass is 591 g/mol. The maximum Gasteiger partial charge on any atom is 0.263 e. The van der Waals surface area contributed by atoms with E-state index in [-0.39, 0.29) is 43.0 Å². The van der Waals surface area contributed by atoms with Gasteiger partial charge in [0.2, 0.25) is 12.7 Å². The second-order valence-electron chi connectivity index (χ2n) is 11.6. The molecule has 3 aliphatic rings. The molecular formula is C34H33N5O5. The molecule has 3 aliphatic heterocycles. The molecule has 0 bridgehead atoms. The van der Waals surface area contributed by atoms with Crippen LogP contribution in [0.4, 0.5) is 5.69 Å². The van der Waals surface area contributed by atoms with Crippen molar-refractivity contribution in [1.29, 1.82) is 0 Å². The molecule has 0 aliphatic carbocycles. The van der Waals surface area contributed by atoms with Gasteiger partial charge in [-0.15, -0.1) is 0 Å². The summed E-state index contributed by atoms with van der Waals surface area (Å²) in [6.45, 7) is 3.44. The molecule has 3 aromatic carbocycles. The lowest BCUT2D eigenvalue weighted by atomic mass is 9.94. The van der Waals surface area contributed by atoms with Crippen LogP contribution in [0.25, 0.3) is 11.3 Å². The number of nitrogens with one attached hydrogen (secondary N) is 1. The maximum absolute atomic E-state index is 13.8. The minimum Gasteiger partial charge on any atom is -0.454 e. The second-order valence-corrected chi connectivity index (χ2v) is 11.6. The predicted octanol–water partition coefficient (Wildman–Crippen LogP) is 5.04. The van der Waals surface area contributed by atoms with E-state index >= 15 is 0 Å².